The van der Waals surface area contributed by atoms with E-state index in [9.17, 15) is 9.59 Å². The third-order valence-electron chi connectivity index (χ3n) is 4.45. The number of nitrogens with one attached hydrogen (secondary N) is 1. The Balaban J connectivity index is 1.83. The fourth-order valence-corrected chi connectivity index (χ4v) is 3.12. The standard InChI is InChI=1S/C24H21ClN2O3/c25-20-12-10-17(11-13-20)24(30)27-21-7-3-5-18(15-21)22(8-1-2-9-23(28)29)19-6-4-14-26-16-19/h3-8,10-16H,1-2,9H2,(H,27,30)(H,28,29). The van der Waals surface area contributed by atoms with Gasteiger partial charge in [0.2, 0.25) is 0 Å². The Morgan fingerprint density at radius 1 is 1.00 bits per heavy atom. The summed E-state index contributed by atoms with van der Waals surface area (Å²) in [6, 6.07) is 18.0. The Kier molecular flexibility index (Phi) is 7.35. The van der Waals surface area contributed by atoms with Gasteiger partial charge in [-0.3, -0.25) is 14.6 Å². The molecule has 0 saturated carbocycles. The first-order valence-corrected chi connectivity index (χ1v) is 9.90. The Labute approximate surface area is 180 Å². The number of benzene rings is 2. The lowest BCUT2D eigenvalue weighted by Gasteiger charge is -2.11. The average molecular weight is 421 g/mol. The van der Waals surface area contributed by atoms with Crippen LogP contribution >= 0.6 is 11.6 Å². The van der Waals surface area contributed by atoms with Crippen molar-refractivity contribution in [2.45, 2.75) is 19.3 Å². The van der Waals surface area contributed by atoms with E-state index in [1.807, 2.05) is 42.5 Å². The van der Waals surface area contributed by atoms with Gasteiger partial charge in [-0.25, -0.2) is 0 Å². The molecule has 0 aliphatic heterocycles. The van der Waals surface area contributed by atoms with Crippen LogP contribution in [0.15, 0.2) is 79.1 Å². The summed E-state index contributed by atoms with van der Waals surface area (Å²) < 4.78 is 0. The second-order valence-electron chi connectivity index (χ2n) is 6.69. The van der Waals surface area contributed by atoms with Crippen LogP contribution in [-0.2, 0) is 4.79 Å². The van der Waals surface area contributed by atoms with E-state index >= 15 is 0 Å². The molecular formula is C24H21ClN2O3. The van der Waals surface area contributed by atoms with Crippen LogP contribution in [0.4, 0.5) is 5.69 Å². The molecule has 152 valence electrons. The molecule has 2 N–H and O–H groups in total. The predicted molar refractivity (Wildman–Crippen MR) is 119 cm³/mol. The van der Waals surface area contributed by atoms with E-state index in [4.69, 9.17) is 16.7 Å². The molecule has 0 fully saturated rings. The van der Waals surface area contributed by atoms with E-state index in [-0.39, 0.29) is 12.3 Å². The van der Waals surface area contributed by atoms with Crippen LogP contribution in [0.25, 0.3) is 5.57 Å². The second kappa shape index (κ2) is 10.4. The van der Waals surface area contributed by atoms with Gasteiger partial charge in [0.1, 0.15) is 0 Å². The smallest absolute Gasteiger partial charge is 0.303 e. The van der Waals surface area contributed by atoms with Crippen LogP contribution < -0.4 is 5.32 Å². The first-order chi connectivity index (χ1) is 14.5. The van der Waals surface area contributed by atoms with Crippen molar-refractivity contribution in [3.05, 3.63) is 101 Å². The number of aliphatic carboxylic acids is 1. The quantitative estimate of drug-likeness (QED) is 0.460. The third kappa shape index (κ3) is 6.03. The SMILES string of the molecule is O=C(O)CCCC=C(c1cccnc1)c1cccc(NC(=O)c2ccc(Cl)cc2)c1. The molecule has 0 bridgehead atoms. The van der Waals surface area contributed by atoms with Gasteiger partial charge >= 0.3 is 5.97 Å². The summed E-state index contributed by atoms with van der Waals surface area (Å²) in [5.41, 5.74) is 3.95. The highest BCUT2D eigenvalue weighted by molar-refractivity contribution is 6.30. The van der Waals surface area contributed by atoms with Crippen LogP contribution in [0.1, 0.15) is 40.7 Å². The van der Waals surface area contributed by atoms with Crippen molar-refractivity contribution in [2.75, 3.05) is 5.32 Å². The first kappa shape index (κ1) is 21.3. The lowest BCUT2D eigenvalue weighted by atomic mass is 9.97. The summed E-state index contributed by atoms with van der Waals surface area (Å²) in [6.07, 6.45) is 6.77. The van der Waals surface area contributed by atoms with Crippen LogP contribution in [0.2, 0.25) is 5.02 Å². The molecule has 0 radical (unpaired) electrons. The molecule has 3 aromatic rings. The normalized spacial score (nSPS) is 11.2. The van der Waals surface area contributed by atoms with Crippen LogP contribution in [0, 0.1) is 0 Å². The molecule has 2 aromatic carbocycles. The van der Waals surface area contributed by atoms with E-state index in [1.54, 1.807) is 36.7 Å². The molecule has 0 aliphatic rings. The van der Waals surface area contributed by atoms with Crippen molar-refractivity contribution in [3.8, 4) is 0 Å². The molecule has 5 nitrogen and oxygen atoms in total. The summed E-state index contributed by atoms with van der Waals surface area (Å²) in [6.45, 7) is 0. The van der Waals surface area contributed by atoms with Crippen LogP contribution in [0.3, 0.4) is 0 Å². The number of anilines is 1. The zero-order valence-electron chi connectivity index (χ0n) is 16.2. The molecule has 6 heteroatoms. The number of pyridine rings is 1. The monoisotopic (exact) mass is 420 g/mol. The molecule has 1 aromatic heterocycles. The number of allylic oxidation sites excluding steroid dienone is 1. The van der Waals surface area contributed by atoms with E-state index < -0.39 is 5.97 Å². The Bertz CT molecular complexity index is 1050. The zero-order chi connectivity index (χ0) is 21.3. The van der Waals surface area contributed by atoms with E-state index in [0.29, 0.717) is 29.1 Å². The minimum atomic E-state index is -0.807. The average Bonchev–Trinajstić information content (AvgIpc) is 2.75. The van der Waals surface area contributed by atoms with Crippen molar-refractivity contribution >= 4 is 34.7 Å². The molecule has 0 spiro atoms. The number of aromatic nitrogens is 1. The lowest BCUT2D eigenvalue weighted by Crippen LogP contribution is -2.11. The highest BCUT2D eigenvalue weighted by Crippen LogP contribution is 2.26. The van der Waals surface area contributed by atoms with Crippen molar-refractivity contribution in [1.82, 2.24) is 4.98 Å². The van der Waals surface area contributed by atoms with Gasteiger partial charge in [0.15, 0.2) is 0 Å². The van der Waals surface area contributed by atoms with E-state index in [0.717, 1.165) is 16.7 Å². The fraction of sp³-hybridized carbons (Fsp3) is 0.125. The fourth-order valence-electron chi connectivity index (χ4n) is 2.99. The predicted octanol–water partition coefficient (Wildman–Crippen LogP) is 5.67. The Hall–Kier alpha value is -3.44. The maximum absolute atomic E-state index is 12.5. The topological polar surface area (TPSA) is 79.3 Å². The van der Waals surface area contributed by atoms with Crippen molar-refractivity contribution in [3.63, 3.8) is 0 Å². The molecule has 1 heterocycles. The largest absolute Gasteiger partial charge is 0.481 e. The van der Waals surface area contributed by atoms with Gasteiger partial charge in [-0.05, 0) is 66.4 Å². The third-order valence-corrected chi connectivity index (χ3v) is 4.71. The van der Waals surface area contributed by atoms with Crippen molar-refractivity contribution < 1.29 is 14.7 Å². The summed E-state index contributed by atoms with van der Waals surface area (Å²) in [7, 11) is 0. The minimum absolute atomic E-state index is 0.119. The summed E-state index contributed by atoms with van der Waals surface area (Å²) in [5.74, 6) is -1.03. The van der Waals surface area contributed by atoms with Gasteiger partial charge < -0.3 is 10.4 Å². The maximum Gasteiger partial charge on any atom is 0.303 e. The second-order valence-corrected chi connectivity index (χ2v) is 7.12. The molecule has 3 rings (SSSR count). The summed E-state index contributed by atoms with van der Waals surface area (Å²) in [4.78, 5) is 27.5. The number of nitrogens with zero attached hydrogens (tertiary/aromatic N) is 1. The molecule has 0 unspecified atom stereocenters. The first-order valence-electron chi connectivity index (χ1n) is 9.52. The molecule has 0 aliphatic carbocycles. The van der Waals surface area contributed by atoms with Gasteiger partial charge in [-0.1, -0.05) is 35.9 Å². The number of hydrogen-bond acceptors (Lipinski definition) is 3. The molecule has 0 saturated heterocycles. The van der Waals surface area contributed by atoms with Crippen LogP contribution in [-0.4, -0.2) is 22.0 Å². The van der Waals surface area contributed by atoms with Gasteiger partial charge in [0.25, 0.3) is 5.91 Å². The number of unbranched alkanes of at least 4 members (excludes halogenated alkanes) is 1. The maximum atomic E-state index is 12.5. The number of carboxylic acid groups (broad SMARTS) is 1. The number of carbonyl (C=O) groups is 2. The van der Waals surface area contributed by atoms with E-state index in [2.05, 4.69) is 10.3 Å². The zero-order valence-corrected chi connectivity index (χ0v) is 17.0. The molecule has 1 amide bonds. The van der Waals surface area contributed by atoms with E-state index in [1.165, 1.54) is 0 Å². The van der Waals surface area contributed by atoms with Gasteiger partial charge in [0.05, 0.1) is 0 Å². The van der Waals surface area contributed by atoms with Gasteiger partial charge in [-0.2, -0.15) is 0 Å². The number of carboxylic acids is 1. The number of halogens is 1. The number of rotatable bonds is 8. The molecule has 30 heavy (non-hydrogen) atoms. The molecule has 0 atom stereocenters. The molecular weight excluding hydrogens is 400 g/mol. The lowest BCUT2D eigenvalue weighted by molar-refractivity contribution is -0.137. The summed E-state index contributed by atoms with van der Waals surface area (Å²) in [5, 5.41) is 12.3. The number of hydrogen-bond donors (Lipinski definition) is 2. The van der Waals surface area contributed by atoms with Gasteiger partial charge in [0, 0.05) is 40.7 Å². The highest BCUT2D eigenvalue weighted by Gasteiger charge is 2.09. The Morgan fingerprint density at radius 2 is 1.77 bits per heavy atom. The van der Waals surface area contributed by atoms with Crippen molar-refractivity contribution in [1.29, 1.82) is 0 Å². The Morgan fingerprint density at radius 3 is 2.47 bits per heavy atom. The highest BCUT2D eigenvalue weighted by atomic mass is 35.5. The van der Waals surface area contributed by atoms with Crippen molar-refractivity contribution in [2.24, 2.45) is 0 Å². The van der Waals surface area contributed by atoms with Gasteiger partial charge in [-0.15, -0.1) is 0 Å². The summed E-state index contributed by atoms with van der Waals surface area (Å²) >= 11 is 5.88. The number of carbonyl (C=O) groups excluding carboxylic acids is 1. The number of amides is 1. The van der Waals surface area contributed by atoms with Crippen LogP contribution in [0.5, 0.6) is 0 Å². The minimum Gasteiger partial charge on any atom is -0.481 e.